The average Bonchev–Trinajstić information content (AvgIpc) is 3.07. The Morgan fingerprint density at radius 2 is 1.26 bits per heavy atom. The molecule has 0 spiro atoms. The maximum Gasteiger partial charge on any atom is 0.339 e. The predicted molar refractivity (Wildman–Crippen MR) is 172 cm³/mol. The van der Waals surface area contributed by atoms with E-state index in [9.17, 15) is 37.1 Å². The molecule has 0 aliphatic carbocycles. The maximum absolute atomic E-state index is 13.4. The van der Waals surface area contributed by atoms with Gasteiger partial charge in [0.05, 0.1) is 28.0 Å². The van der Waals surface area contributed by atoms with Crippen molar-refractivity contribution in [2.75, 3.05) is 13.2 Å². The van der Waals surface area contributed by atoms with E-state index in [4.69, 9.17) is 8.92 Å². The Balaban J connectivity index is 1.52. The largest absolute Gasteiger partial charge is 0.379 e. The lowest BCUT2D eigenvalue weighted by molar-refractivity contribution is -0.385. The summed E-state index contributed by atoms with van der Waals surface area (Å²) in [6.45, 7) is -0.163. The number of hydrogen-bond donors (Lipinski definition) is 1. The second kappa shape index (κ2) is 14.0. The van der Waals surface area contributed by atoms with E-state index >= 15 is 0 Å². The molecule has 242 valence electrons. The Morgan fingerprint density at radius 3 is 1.87 bits per heavy atom. The van der Waals surface area contributed by atoms with Gasteiger partial charge in [-0.3, -0.25) is 20.2 Å². The third kappa shape index (κ3) is 7.96. The van der Waals surface area contributed by atoms with Gasteiger partial charge < -0.3 is 8.92 Å². The Bertz CT molecular complexity index is 2120. The highest BCUT2D eigenvalue weighted by atomic mass is 32.2. The Morgan fingerprint density at radius 1 is 0.681 bits per heavy atom. The first kappa shape index (κ1) is 33.2. The number of fused-ring (bicyclic) bond motifs is 1. The summed E-state index contributed by atoms with van der Waals surface area (Å²) in [4.78, 5) is 20.3. The van der Waals surface area contributed by atoms with Crippen LogP contribution >= 0.6 is 0 Å². The van der Waals surface area contributed by atoms with Crippen LogP contribution in [0.5, 0.6) is 5.75 Å². The van der Waals surface area contributed by atoms with Gasteiger partial charge in [0.2, 0.25) is 10.0 Å². The maximum atomic E-state index is 13.4. The van der Waals surface area contributed by atoms with Crippen molar-refractivity contribution in [1.29, 1.82) is 0 Å². The molecule has 0 saturated carbocycles. The van der Waals surface area contributed by atoms with Crippen molar-refractivity contribution in [1.82, 2.24) is 4.72 Å². The van der Waals surface area contributed by atoms with E-state index in [1.54, 1.807) is 30.3 Å². The SMILES string of the molecule is O=[N+]([O-])c1ccc(S(=O)(=O)NC[C@@H](COCc2ccccc2)c2c(OS(=O)(=O)c3ccc([N+](=O)[O-])cc3)ccc3ccccc23)cc1. The number of nitro groups is 2. The molecule has 1 N–H and O–H groups in total. The number of nitro benzene ring substituents is 2. The molecular formula is C32H27N3O10S2. The number of benzene rings is 5. The van der Waals surface area contributed by atoms with E-state index in [1.807, 2.05) is 30.3 Å². The second-order valence-corrected chi connectivity index (χ2v) is 13.6. The molecule has 0 amide bonds. The lowest BCUT2D eigenvalue weighted by Gasteiger charge is -2.23. The Labute approximate surface area is 269 Å². The molecule has 0 aromatic heterocycles. The first-order valence-electron chi connectivity index (χ1n) is 14.0. The smallest absolute Gasteiger partial charge is 0.339 e. The summed E-state index contributed by atoms with van der Waals surface area (Å²) < 4.78 is 67.5. The average molecular weight is 678 g/mol. The topological polar surface area (TPSA) is 185 Å². The van der Waals surface area contributed by atoms with Gasteiger partial charge in [0, 0.05) is 42.3 Å². The highest BCUT2D eigenvalue weighted by Crippen LogP contribution is 2.36. The van der Waals surface area contributed by atoms with Crippen LogP contribution < -0.4 is 8.91 Å². The van der Waals surface area contributed by atoms with Gasteiger partial charge in [-0.25, -0.2) is 13.1 Å². The molecule has 15 heteroatoms. The van der Waals surface area contributed by atoms with Gasteiger partial charge in [0.25, 0.3) is 11.4 Å². The van der Waals surface area contributed by atoms with Crippen molar-refractivity contribution < 1.29 is 35.6 Å². The molecule has 0 radical (unpaired) electrons. The summed E-state index contributed by atoms with van der Waals surface area (Å²) in [5, 5.41) is 23.4. The molecule has 13 nitrogen and oxygen atoms in total. The molecule has 47 heavy (non-hydrogen) atoms. The summed E-state index contributed by atoms with van der Waals surface area (Å²) in [5.41, 5.74) is 0.620. The standard InChI is InChI=1S/C32H27N3O10S2/c36-34(37)26-11-15-28(16-12-26)46(40,41)33-20-25(22-44-21-23-6-2-1-3-7-23)32-30-9-5-4-8-24(30)10-19-31(32)45-47(42,43)29-17-13-27(14-18-29)35(38)39/h1-19,25,33H,20-22H2/t25-/m0/s1. The minimum Gasteiger partial charge on any atom is -0.379 e. The number of non-ortho nitro benzene ring substituents is 2. The third-order valence-corrected chi connectivity index (χ3v) is 9.87. The van der Waals surface area contributed by atoms with Crippen LogP contribution in [0, 0.1) is 20.2 Å². The fraction of sp³-hybridized carbons (Fsp3) is 0.125. The summed E-state index contributed by atoms with van der Waals surface area (Å²) in [6.07, 6.45) is 0. The first-order chi connectivity index (χ1) is 22.4. The predicted octanol–water partition coefficient (Wildman–Crippen LogP) is 5.70. The zero-order valence-corrected chi connectivity index (χ0v) is 26.1. The van der Waals surface area contributed by atoms with E-state index in [0.717, 1.165) is 54.1 Å². The van der Waals surface area contributed by atoms with Crippen molar-refractivity contribution in [3.05, 3.63) is 147 Å². The molecular weight excluding hydrogens is 650 g/mol. The number of nitrogens with one attached hydrogen (secondary N) is 1. The highest BCUT2D eigenvalue weighted by molar-refractivity contribution is 7.89. The molecule has 5 aromatic rings. The Hall–Kier alpha value is -5.22. The van der Waals surface area contributed by atoms with Gasteiger partial charge in [-0.05, 0) is 46.7 Å². The van der Waals surface area contributed by atoms with Gasteiger partial charge in [0.15, 0.2) is 0 Å². The van der Waals surface area contributed by atoms with Crippen LogP contribution in [0.15, 0.2) is 125 Å². The summed E-state index contributed by atoms with van der Waals surface area (Å²) in [6, 6.07) is 28.0. The highest BCUT2D eigenvalue weighted by Gasteiger charge is 2.27. The quantitative estimate of drug-likeness (QED) is 0.0868. The van der Waals surface area contributed by atoms with Crippen LogP contribution in [-0.4, -0.2) is 39.8 Å². The fourth-order valence-electron chi connectivity index (χ4n) is 4.85. The molecule has 0 aliphatic heterocycles. The van der Waals surface area contributed by atoms with E-state index in [-0.39, 0.29) is 46.7 Å². The van der Waals surface area contributed by atoms with Crippen molar-refractivity contribution in [2.45, 2.75) is 22.3 Å². The van der Waals surface area contributed by atoms with E-state index < -0.39 is 35.9 Å². The number of hydrogen-bond acceptors (Lipinski definition) is 10. The Kier molecular flexibility index (Phi) is 9.91. The summed E-state index contributed by atoms with van der Waals surface area (Å²) in [7, 11) is -8.68. The number of sulfonamides is 1. The molecule has 0 bridgehead atoms. The van der Waals surface area contributed by atoms with Gasteiger partial charge in [0.1, 0.15) is 10.6 Å². The van der Waals surface area contributed by atoms with Crippen LogP contribution in [0.4, 0.5) is 11.4 Å². The molecule has 0 heterocycles. The minimum atomic E-state index is -4.50. The molecule has 5 aromatic carbocycles. The number of rotatable bonds is 14. The van der Waals surface area contributed by atoms with E-state index in [0.29, 0.717) is 16.3 Å². The van der Waals surface area contributed by atoms with Crippen LogP contribution in [-0.2, 0) is 31.5 Å². The van der Waals surface area contributed by atoms with Gasteiger partial charge >= 0.3 is 10.1 Å². The minimum absolute atomic E-state index is 0.0698. The van der Waals surface area contributed by atoms with Crippen LogP contribution in [0.1, 0.15) is 17.0 Å². The van der Waals surface area contributed by atoms with Crippen molar-refractivity contribution in [3.63, 3.8) is 0 Å². The third-order valence-electron chi connectivity index (χ3n) is 7.18. The molecule has 0 unspecified atom stereocenters. The fourth-order valence-corrected chi connectivity index (χ4v) is 6.88. The molecule has 0 aliphatic rings. The molecule has 5 rings (SSSR count). The monoisotopic (exact) mass is 677 g/mol. The first-order valence-corrected chi connectivity index (χ1v) is 16.9. The molecule has 0 saturated heterocycles. The number of ether oxygens (including phenoxy) is 1. The summed E-state index contributed by atoms with van der Waals surface area (Å²) >= 11 is 0. The van der Waals surface area contributed by atoms with Crippen LogP contribution in [0.25, 0.3) is 10.8 Å². The summed E-state index contributed by atoms with van der Waals surface area (Å²) in [5.74, 6) is -0.899. The van der Waals surface area contributed by atoms with Crippen molar-refractivity contribution in [2.24, 2.45) is 0 Å². The molecule has 1 atom stereocenters. The van der Waals surface area contributed by atoms with Crippen molar-refractivity contribution >= 4 is 42.3 Å². The van der Waals surface area contributed by atoms with Crippen LogP contribution in [0.2, 0.25) is 0 Å². The van der Waals surface area contributed by atoms with Gasteiger partial charge in [-0.2, -0.15) is 8.42 Å². The lowest BCUT2D eigenvalue weighted by atomic mass is 9.93. The van der Waals surface area contributed by atoms with Gasteiger partial charge in [-0.1, -0.05) is 60.7 Å². The normalized spacial score (nSPS) is 12.4. The second-order valence-electron chi connectivity index (χ2n) is 10.3. The van der Waals surface area contributed by atoms with Gasteiger partial charge in [-0.15, -0.1) is 0 Å². The zero-order valence-electron chi connectivity index (χ0n) is 24.5. The zero-order chi connectivity index (χ0) is 33.6. The number of nitrogens with zero attached hydrogens (tertiary/aromatic N) is 2. The molecule has 0 fully saturated rings. The van der Waals surface area contributed by atoms with Crippen LogP contribution in [0.3, 0.4) is 0 Å². The lowest BCUT2D eigenvalue weighted by Crippen LogP contribution is -2.31. The van der Waals surface area contributed by atoms with E-state index in [2.05, 4.69) is 4.72 Å². The van der Waals surface area contributed by atoms with Crippen molar-refractivity contribution in [3.8, 4) is 5.75 Å². The van der Waals surface area contributed by atoms with E-state index in [1.165, 1.54) is 6.07 Å².